The van der Waals surface area contributed by atoms with Gasteiger partial charge >= 0.3 is 0 Å². The van der Waals surface area contributed by atoms with Gasteiger partial charge in [-0.3, -0.25) is 4.79 Å². The molecule has 0 radical (unpaired) electrons. The Bertz CT molecular complexity index is 1010. The largest absolute Gasteiger partial charge is 0.493 e. The average molecular weight is 398 g/mol. The van der Waals surface area contributed by atoms with Gasteiger partial charge in [-0.2, -0.15) is 5.10 Å². The number of nitrogens with zero attached hydrogens (tertiary/aromatic N) is 4. The van der Waals surface area contributed by atoms with Crippen molar-refractivity contribution >= 4 is 22.4 Å². The van der Waals surface area contributed by atoms with Crippen molar-refractivity contribution in [1.82, 2.24) is 19.7 Å². The summed E-state index contributed by atoms with van der Waals surface area (Å²) in [6.45, 7) is 6.88. The molecule has 8 heteroatoms. The molecule has 1 aromatic carbocycles. The van der Waals surface area contributed by atoms with Gasteiger partial charge in [0.25, 0.3) is 0 Å². The van der Waals surface area contributed by atoms with Crippen molar-refractivity contribution in [3.05, 3.63) is 40.8 Å². The maximum absolute atomic E-state index is 12.5. The highest BCUT2D eigenvalue weighted by Crippen LogP contribution is 2.31. The van der Waals surface area contributed by atoms with E-state index in [2.05, 4.69) is 26.4 Å². The second kappa shape index (κ2) is 7.71. The predicted molar refractivity (Wildman–Crippen MR) is 109 cm³/mol. The minimum Gasteiger partial charge on any atom is -0.493 e. The molecule has 0 unspecified atom stereocenters. The lowest BCUT2D eigenvalue weighted by Crippen LogP contribution is -2.25. The highest BCUT2D eigenvalue weighted by atomic mass is 32.1. The number of aryl methyl sites for hydroxylation is 3. The Morgan fingerprint density at radius 2 is 2.21 bits per heavy atom. The van der Waals surface area contributed by atoms with Gasteiger partial charge in [-0.25, -0.2) is 14.6 Å². The first-order valence-corrected chi connectivity index (χ1v) is 10.3. The third-order valence-corrected chi connectivity index (χ3v) is 5.55. The summed E-state index contributed by atoms with van der Waals surface area (Å²) in [4.78, 5) is 21.4. The number of ether oxygens (including phenoxy) is 1. The Hall–Kier alpha value is -2.74. The summed E-state index contributed by atoms with van der Waals surface area (Å²) in [6, 6.07) is 6.16. The number of fused-ring (bicyclic) bond motifs is 1. The maximum Gasteiger partial charge on any atom is 0.230 e. The highest BCUT2D eigenvalue weighted by Gasteiger charge is 2.18. The van der Waals surface area contributed by atoms with Crippen LogP contribution in [0.15, 0.2) is 23.6 Å². The van der Waals surface area contributed by atoms with Crippen LogP contribution in [0, 0.1) is 19.8 Å². The van der Waals surface area contributed by atoms with Gasteiger partial charge in [-0.15, -0.1) is 11.3 Å². The summed E-state index contributed by atoms with van der Waals surface area (Å²) in [5.41, 5.74) is 3.13. The molecular weight excluding hydrogens is 374 g/mol. The number of benzene rings is 1. The maximum atomic E-state index is 12.5. The smallest absolute Gasteiger partial charge is 0.230 e. The SMILES string of the molecule is Cc1nc(C)n(C[C@@H](C)C(=O)Nc2nc(-c3ccc4c(c3)CCCO4)cs2)n1. The van der Waals surface area contributed by atoms with E-state index in [1.807, 2.05) is 38.3 Å². The molecule has 1 aliphatic heterocycles. The quantitative estimate of drug-likeness (QED) is 0.711. The summed E-state index contributed by atoms with van der Waals surface area (Å²) in [5, 5.41) is 9.82. The molecule has 146 valence electrons. The number of carbonyl (C=O) groups is 1. The van der Waals surface area contributed by atoms with Crippen LogP contribution in [-0.4, -0.2) is 32.3 Å². The Morgan fingerprint density at radius 3 is 3.00 bits per heavy atom. The van der Waals surface area contributed by atoms with Gasteiger partial charge in [0.2, 0.25) is 5.91 Å². The Balaban J connectivity index is 1.43. The van der Waals surface area contributed by atoms with E-state index in [-0.39, 0.29) is 11.8 Å². The molecule has 0 bridgehead atoms. The zero-order chi connectivity index (χ0) is 19.7. The monoisotopic (exact) mass is 397 g/mol. The van der Waals surface area contributed by atoms with Crippen LogP contribution in [0.3, 0.4) is 0 Å². The van der Waals surface area contributed by atoms with E-state index in [1.54, 1.807) is 4.68 Å². The second-order valence-electron chi connectivity index (χ2n) is 7.09. The zero-order valence-corrected chi connectivity index (χ0v) is 17.0. The van der Waals surface area contributed by atoms with Crippen LogP contribution in [-0.2, 0) is 17.8 Å². The van der Waals surface area contributed by atoms with E-state index in [4.69, 9.17) is 4.74 Å². The van der Waals surface area contributed by atoms with Crippen LogP contribution in [0.1, 0.15) is 30.6 Å². The van der Waals surface area contributed by atoms with Crippen molar-refractivity contribution in [2.24, 2.45) is 5.92 Å². The van der Waals surface area contributed by atoms with Gasteiger partial charge in [-0.1, -0.05) is 6.92 Å². The molecule has 3 aromatic rings. The van der Waals surface area contributed by atoms with Crippen molar-refractivity contribution in [1.29, 1.82) is 0 Å². The number of hydrogen-bond donors (Lipinski definition) is 1. The molecule has 1 N–H and O–H groups in total. The van der Waals surface area contributed by atoms with Crippen LogP contribution >= 0.6 is 11.3 Å². The van der Waals surface area contributed by atoms with Crippen molar-refractivity contribution in [3.63, 3.8) is 0 Å². The lowest BCUT2D eigenvalue weighted by atomic mass is 10.0. The Labute approximate surface area is 167 Å². The molecule has 0 aliphatic carbocycles. The Kier molecular flexibility index (Phi) is 5.13. The lowest BCUT2D eigenvalue weighted by molar-refractivity contribution is -0.119. The minimum absolute atomic E-state index is 0.0766. The number of anilines is 1. The summed E-state index contributed by atoms with van der Waals surface area (Å²) < 4.78 is 7.44. The Morgan fingerprint density at radius 1 is 1.36 bits per heavy atom. The standard InChI is InChI=1S/C20H23N5O2S/c1-12(10-25-14(3)21-13(2)24-25)19(26)23-20-22-17(11-28-20)15-6-7-18-16(9-15)5-4-8-27-18/h6-7,9,11-12H,4-5,8,10H2,1-3H3,(H,22,23,26)/t12-/m1/s1. The first-order valence-electron chi connectivity index (χ1n) is 9.40. The average Bonchev–Trinajstić information content (AvgIpc) is 3.27. The highest BCUT2D eigenvalue weighted by molar-refractivity contribution is 7.14. The molecule has 3 heterocycles. The van der Waals surface area contributed by atoms with Crippen LogP contribution in [0.2, 0.25) is 0 Å². The zero-order valence-electron chi connectivity index (χ0n) is 16.2. The molecule has 0 fully saturated rings. The number of nitrogens with one attached hydrogen (secondary N) is 1. The molecule has 2 aromatic heterocycles. The van der Waals surface area contributed by atoms with Crippen molar-refractivity contribution < 1.29 is 9.53 Å². The molecule has 1 aliphatic rings. The first kappa shape index (κ1) is 18.6. The summed E-state index contributed by atoms with van der Waals surface area (Å²) in [7, 11) is 0. The van der Waals surface area contributed by atoms with E-state index >= 15 is 0 Å². The fourth-order valence-corrected chi connectivity index (χ4v) is 4.01. The second-order valence-corrected chi connectivity index (χ2v) is 7.95. The van der Waals surface area contributed by atoms with Crippen molar-refractivity contribution in [2.45, 2.75) is 40.2 Å². The van der Waals surface area contributed by atoms with Crippen LogP contribution in [0.5, 0.6) is 5.75 Å². The number of amides is 1. The van der Waals surface area contributed by atoms with Crippen LogP contribution in [0.4, 0.5) is 5.13 Å². The van der Waals surface area contributed by atoms with Gasteiger partial charge in [-0.05, 0) is 50.5 Å². The van der Waals surface area contributed by atoms with E-state index in [9.17, 15) is 4.79 Å². The summed E-state index contributed by atoms with van der Waals surface area (Å²) >= 11 is 1.43. The normalized spacial score (nSPS) is 14.2. The molecule has 4 rings (SSSR count). The van der Waals surface area contributed by atoms with E-state index < -0.39 is 0 Å². The van der Waals surface area contributed by atoms with Crippen molar-refractivity contribution in [2.75, 3.05) is 11.9 Å². The van der Waals surface area contributed by atoms with Gasteiger partial charge < -0.3 is 10.1 Å². The molecule has 0 saturated heterocycles. The molecule has 1 atom stereocenters. The molecule has 0 spiro atoms. The molecule has 28 heavy (non-hydrogen) atoms. The minimum atomic E-state index is -0.243. The van der Waals surface area contributed by atoms with E-state index in [1.165, 1.54) is 16.9 Å². The number of thiazole rings is 1. The number of rotatable bonds is 5. The molecule has 7 nitrogen and oxygen atoms in total. The lowest BCUT2D eigenvalue weighted by Gasteiger charge is -2.17. The summed E-state index contributed by atoms with van der Waals surface area (Å²) in [5.74, 6) is 2.17. The third-order valence-electron chi connectivity index (χ3n) is 4.80. The molecule has 0 saturated carbocycles. The van der Waals surface area contributed by atoms with E-state index in [0.29, 0.717) is 17.5 Å². The fraction of sp³-hybridized carbons (Fsp3) is 0.400. The van der Waals surface area contributed by atoms with Crippen LogP contribution < -0.4 is 10.1 Å². The van der Waals surface area contributed by atoms with Gasteiger partial charge in [0.15, 0.2) is 5.13 Å². The third kappa shape index (κ3) is 3.91. The molecule has 1 amide bonds. The molecular formula is C20H23N5O2S. The van der Waals surface area contributed by atoms with Gasteiger partial charge in [0.1, 0.15) is 17.4 Å². The fourth-order valence-electron chi connectivity index (χ4n) is 3.29. The first-order chi connectivity index (χ1) is 13.5. The summed E-state index contributed by atoms with van der Waals surface area (Å²) in [6.07, 6.45) is 2.06. The van der Waals surface area contributed by atoms with Crippen molar-refractivity contribution in [3.8, 4) is 17.0 Å². The van der Waals surface area contributed by atoms with E-state index in [0.717, 1.165) is 42.3 Å². The number of hydrogen-bond acceptors (Lipinski definition) is 6. The number of carbonyl (C=O) groups excluding carboxylic acids is 1. The number of aromatic nitrogens is 4. The topological polar surface area (TPSA) is 81.9 Å². The van der Waals surface area contributed by atoms with Gasteiger partial charge in [0, 0.05) is 10.9 Å². The van der Waals surface area contributed by atoms with Gasteiger partial charge in [0.05, 0.1) is 24.8 Å². The van der Waals surface area contributed by atoms with Crippen LogP contribution in [0.25, 0.3) is 11.3 Å². The predicted octanol–water partition coefficient (Wildman–Crippen LogP) is 3.62.